The number of nitrogens with zero attached hydrogens (tertiary/aromatic N) is 1. The molecule has 0 spiro atoms. The molecule has 0 saturated carbocycles. The summed E-state index contributed by atoms with van der Waals surface area (Å²) >= 11 is 9.85. The average molecular weight is 392 g/mol. The van der Waals surface area contributed by atoms with Crippen molar-refractivity contribution in [1.29, 1.82) is 0 Å². The fourth-order valence-electron chi connectivity index (χ4n) is 4.14. The predicted molar refractivity (Wildman–Crippen MR) is 98.2 cm³/mol. The Morgan fingerprint density at radius 1 is 1.09 bits per heavy atom. The number of benzene rings is 1. The molecular weight excluding hydrogens is 372 g/mol. The second kappa shape index (κ2) is 6.54. The molecule has 1 aliphatic heterocycles. The molecule has 1 aromatic heterocycles. The number of halogens is 2. The van der Waals surface area contributed by atoms with Gasteiger partial charge in [-0.15, -0.1) is 0 Å². The maximum atomic E-state index is 6.27. The molecule has 120 valence electrons. The molecule has 0 unspecified atom stereocenters. The smallest absolute Gasteiger partial charge is 0.0514 e. The lowest BCUT2D eigenvalue weighted by molar-refractivity contribution is 0.338. The third-order valence-electron chi connectivity index (χ3n) is 5.22. The number of nitrogens with one attached hydrogen (secondary N) is 1. The number of aromatic nitrogens is 1. The fraction of sp³-hybridized carbons (Fsp3) is 0.421. The van der Waals surface area contributed by atoms with Crippen molar-refractivity contribution in [1.82, 2.24) is 10.3 Å². The van der Waals surface area contributed by atoms with Crippen molar-refractivity contribution >= 4 is 27.5 Å². The van der Waals surface area contributed by atoms with Crippen LogP contribution in [-0.4, -0.2) is 18.1 Å². The first-order valence-corrected chi connectivity index (χ1v) is 9.53. The van der Waals surface area contributed by atoms with Crippen LogP contribution in [0.2, 0.25) is 5.02 Å². The lowest BCUT2D eigenvalue weighted by Crippen LogP contribution is -2.31. The molecule has 4 rings (SSSR count). The first-order valence-electron chi connectivity index (χ1n) is 8.36. The van der Waals surface area contributed by atoms with E-state index in [1.54, 1.807) is 0 Å². The molecule has 1 atom stereocenters. The van der Waals surface area contributed by atoms with E-state index in [1.165, 1.54) is 35.2 Å². The highest BCUT2D eigenvalue weighted by molar-refractivity contribution is 9.10. The van der Waals surface area contributed by atoms with Gasteiger partial charge in [-0.3, -0.25) is 4.98 Å². The van der Waals surface area contributed by atoms with Gasteiger partial charge < -0.3 is 5.32 Å². The number of rotatable bonds is 1. The topological polar surface area (TPSA) is 24.9 Å². The Labute approximate surface area is 150 Å². The van der Waals surface area contributed by atoms with Gasteiger partial charge in [0.2, 0.25) is 0 Å². The summed E-state index contributed by atoms with van der Waals surface area (Å²) in [7, 11) is 0. The Morgan fingerprint density at radius 2 is 1.87 bits per heavy atom. The number of aryl methyl sites for hydroxylation is 2. The summed E-state index contributed by atoms with van der Waals surface area (Å²) in [5.41, 5.74) is 5.50. The molecule has 0 amide bonds. The molecule has 1 fully saturated rings. The van der Waals surface area contributed by atoms with Crippen LogP contribution < -0.4 is 5.32 Å². The van der Waals surface area contributed by atoms with Crippen molar-refractivity contribution in [2.75, 3.05) is 13.1 Å². The summed E-state index contributed by atoms with van der Waals surface area (Å²) in [6.07, 6.45) is 6.46. The standard InChI is InChI=1S/C19H20BrClN2/c20-15-9-14-2-1-13-10-16(21)3-4-17(13)18(19(14)23-11-15)12-5-7-22-8-6-12/h3-4,9-12,18,22H,1-2,5-8H2/t18-/m1/s1. The average Bonchev–Trinajstić information content (AvgIpc) is 2.72. The molecule has 1 N–H and O–H groups in total. The first kappa shape index (κ1) is 15.6. The van der Waals surface area contributed by atoms with Crippen LogP contribution in [0.5, 0.6) is 0 Å². The van der Waals surface area contributed by atoms with Crippen molar-refractivity contribution in [3.05, 3.63) is 62.3 Å². The van der Waals surface area contributed by atoms with Crippen molar-refractivity contribution in [3.63, 3.8) is 0 Å². The molecule has 2 nitrogen and oxygen atoms in total. The van der Waals surface area contributed by atoms with Crippen LogP contribution in [-0.2, 0) is 12.8 Å². The Kier molecular flexibility index (Phi) is 4.44. The van der Waals surface area contributed by atoms with Crippen LogP contribution in [0.25, 0.3) is 0 Å². The molecule has 2 aliphatic rings. The second-order valence-corrected chi connectivity index (χ2v) is 7.96. The minimum Gasteiger partial charge on any atom is -0.317 e. The molecule has 1 aromatic carbocycles. The Bertz CT molecular complexity index is 672. The van der Waals surface area contributed by atoms with E-state index in [0.29, 0.717) is 11.8 Å². The fourth-order valence-corrected chi connectivity index (χ4v) is 4.71. The molecule has 23 heavy (non-hydrogen) atoms. The molecule has 2 aromatic rings. The summed E-state index contributed by atoms with van der Waals surface area (Å²) in [6, 6.07) is 8.69. The van der Waals surface area contributed by atoms with Crippen LogP contribution in [0.4, 0.5) is 0 Å². The highest BCUT2D eigenvalue weighted by atomic mass is 79.9. The van der Waals surface area contributed by atoms with E-state index in [-0.39, 0.29) is 0 Å². The van der Waals surface area contributed by atoms with Gasteiger partial charge in [-0.05, 0) is 95.5 Å². The highest BCUT2D eigenvalue weighted by Crippen LogP contribution is 2.42. The monoisotopic (exact) mass is 390 g/mol. The van der Waals surface area contributed by atoms with Gasteiger partial charge in [0, 0.05) is 21.6 Å². The molecular formula is C19H20BrClN2. The minimum atomic E-state index is 0.398. The van der Waals surface area contributed by atoms with Gasteiger partial charge in [0.05, 0.1) is 5.69 Å². The highest BCUT2D eigenvalue weighted by Gasteiger charge is 2.32. The summed E-state index contributed by atoms with van der Waals surface area (Å²) in [6.45, 7) is 2.21. The van der Waals surface area contributed by atoms with Crippen molar-refractivity contribution < 1.29 is 0 Å². The van der Waals surface area contributed by atoms with Gasteiger partial charge in [-0.25, -0.2) is 0 Å². The third-order valence-corrected chi connectivity index (χ3v) is 5.89. The zero-order valence-corrected chi connectivity index (χ0v) is 15.3. The van der Waals surface area contributed by atoms with Crippen molar-refractivity contribution in [3.8, 4) is 0 Å². The zero-order valence-electron chi connectivity index (χ0n) is 13.0. The molecule has 0 radical (unpaired) electrons. The van der Waals surface area contributed by atoms with E-state index in [1.807, 2.05) is 12.3 Å². The van der Waals surface area contributed by atoms with Crippen molar-refractivity contribution in [2.45, 2.75) is 31.6 Å². The van der Waals surface area contributed by atoms with Gasteiger partial charge >= 0.3 is 0 Å². The first-order chi connectivity index (χ1) is 11.2. The molecule has 0 bridgehead atoms. The van der Waals surface area contributed by atoms with Gasteiger partial charge in [-0.1, -0.05) is 17.7 Å². The van der Waals surface area contributed by atoms with E-state index in [9.17, 15) is 0 Å². The molecule has 1 aliphatic carbocycles. The van der Waals surface area contributed by atoms with Crippen LogP contribution in [0.3, 0.4) is 0 Å². The largest absolute Gasteiger partial charge is 0.317 e. The number of fused-ring (bicyclic) bond motifs is 2. The van der Waals surface area contributed by atoms with E-state index in [2.05, 4.69) is 39.4 Å². The second-order valence-electron chi connectivity index (χ2n) is 6.61. The van der Waals surface area contributed by atoms with Crippen LogP contribution in [0.1, 0.15) is 41.1 Å². The summed E-state index contributed by atoms with van der Waals surface area (Å²) in [5, 5.41) is 4.33. The van der Waals surface area contributed by atoms with E-state index >= 15 is 0 Å². The van der Waals surface area contributed by atoms with Gasteiger partial charge in [0.15, 0.2) is 0 Å². The quantitative estimate of drug-likeness (QED) is 0.760. The summed E-state index contributed by atoms with van der Waals surface area (Å²) in [5.74, 6) is 1.05. The maximum Gasteiger partial charge on any atom is 0.0514 e. The van der Waals surface area contributed by atoms with Crippen LogP contribution in [0.15, 0.2) is 34.9 Å². The molecule has 2 heterocycles. The SMILES string of the molecule is Clc1ccc2c(c1)CCc1cc(Br)cnc1[C@@H]2C1CCNCC1. The van der Waals surface area contributed by atoms with Gasteiger partial charge in [0.25, 0.3) is 0 Å². The summed E-state index contributed by atoms with van der Waals surface area (Å²) < 4.78 is 1.07. The Morgan fingerprint density at radius 3 is 2.70 bits per heavy atom. The molecule has 4 heteroatoms. The Hall–Kier alpha value is -0.900. The van der Waals surface area contributed by atoms with E-state index < -0.39 is 0 Å². The van der Waals surface area contributed by atoms with Gasteiger partial charge in [-0.2, -0.15) is 0 Å². The number of piperidine rings is 1. The number of hydrogen-bond acceptors (Lipinski definition) is 2. The third kappa shape index (κ3) is 3.07. The lowest BCUT2D eigenvalue weighted by atomic mass is 9.77. The minimum absolute atomic E-state index is 0.398. The van der Waals surface area contributed by atoms with Crippen LogP contribution in [0, 0.1) is 5.92 Å². The van der Waals surface area contributed by atoms with Gasteiger partial charge in [0.1, 0.15) is 0 Å². The predicted octanol–water partition coefficient (Wildman–Crippen LogP) is 4.73. The van der Waals surface area contributed by atoms with E-state index in [0.717, 1.165) is 35.4 Å². The van der Waals surface area contributed by atoms with Crippen LogP contribution >= 0.6 is 27.5 Å². The lowest BCUT2D eigenvalue weighted by Gasteiger charge is -2.32. The number of pyridine rings is 1. The summed E-state index contributed by atoms with van der Waals surface area (Å²) in [4.78, 5) is 4.86. The number of hydrogen-bond donors (Lipinski definition) is 1. The van der Waals surface area contributed by atoms with Crippen molar-refractivity contribution in [2.24, 2.45) is 5.92 Å². The zero-order chi connectivity index (χ0) is 15.8. The Balaban J connectivity index is 1.86. The normalized spacial score (nSPS) is 21.4. The van der Waals surface area contributed by atoms with E-state index in [4.69, 9.17) is 16.6 Å². The maximum absolute atomic E-state index is 6.27. The molecule has 1 saturated heterocycles.